The number of hydrogen-bond donors (Lipinski definition) is 2. The zero-order chi connectivity index (χ0) is 18.4. The summed E-state index contributed by atoms with van der Waals surface area (Å²) in [5.41, 5.74) is 3.04. The van der Waals surface area contributed by atoms with E-state index in [9.17, 15) is 4.79 Å². The molecule has 0 aliphatic heterocycles. The number of carbonyl (C=O) groups is 1. The molecule has 5 heteroatoms. The van der Waals surface area contributed by atoms with E-state index < -0.39 is 0 Å². The van der Waals surface area contributed by atoms with Gasteiger partial charge in [-0.2, -0.15) is 0 Å². The average Bonchev–Trinajstić information content (AvgIpc) is 2.65. The fourth-order valence-electron chi connectivity index (χ4n) is 2.42. The molecule has 3 aromatic rings. The summed E-state index contributed by atoms with van der Waals surface area (Å²) in [6.07, 6.45) is 3.28. The lowest BCUT2D eigenvalue weighted by Gasteiger charge is -2.15. The van der Waals surface area contributed by atoms with Crippen LogP contribution in [0, 0.1) is 0 Å². The number of nitrogens with zero attached hydrogens (tertiary/aromatic N) is 1. The molecule has 132 valence electrons. The lowest BCUT2D eigenvalue weighted by Crippen LogP contribution is -2.11. The molecule has 1 heterocycles. The SMILES string of the molecule is CC(C)Oc1ccccc1Nc1ccc(NC(=O)c2cccnc2)cc1. The molecular weight excluding hydrogens is 326 g/mol. The van der Waals surface area contributed by atoms with Crippen LogP contribution in [-0.4, -0.2) is 17.0 Å². The number of hydrogen-bond acceptors (Lipinski definition) is 4. The summed E-state index contributed by atoms with van der Waals surface area (Å²) in [7, 11) is 0. The molecule has 0 fully saturated rings. The van der Waals surface area contributed by atoms with Gasteiger partial charge in [0, 0.05) is 23.8 Å². The second kappa shape index (κ2) is 8.16. The summed E-state index contributed by atoms with van der Waals surface area (Å²) in [5.74, 6) is 0.617. The highest BCUT2D eigenvalue weighted by atomic mass is 16.5. The van der Waals surface area contributed by atoms with Gasteiger partial charge in [-0.1, -0.05) is 12.1 Å². The van der Waals surface area contributed by atoms with E-state index in [1.807, 2.05) is 62.4 Å². The van der Waals surface area contributed by atoms with Crippen LogP contribution in [0.5, 0.6) is 5.75 Å². The van der Waals surface area contributed by atoms with Gasteiger partial charge in [-0.05, 0) is 62.4 Å². The molecule has 26 heavy (non-hydrogen) atoms. The predicted octanol–water partition coefficient (Wildman–Crippen LogP) is 4.86. The van der Waals surface area contributed by atoms with E-state index in [1.54, 1.807) is 18.3 Å². The molecule has 1 amide bonds. The highest BCUT2D eigenvalue weighted by Gasteiger charge is 2.07. The third kappa shape index (κ3) is 4.60. The quantitative estimate of drug-likeness (QED) is 0.668. The number of benzene rings is 2. The summed E-state index contributed by atoms with van der Waals surface area (Å²) < 4.78 is 5.82. The molecule has 0 bridgehead atoms. The Morgan fingerprint density at radius 1 is 0.962 bits per heavy atom. The Hall–Kier alpha value is -3.34. The molecular formula is C21H21N3O2. The molecule has 2 N–H and O–H groups in total. The topological polar surface area (TPSA) is 63.2 Å². The Labute approximate surface area is 153 Å². The summed E-state index contributed by atoms with van der Waals surface area (Å²) in [6, 6.07) is 18.8. The zero-order valence-corrected chi connectivity index (χ0v) is 14.8. The maximum atomic E-state index is 12.2. The van der Waals surface area contributed by atoms with Crippen molar-refractivity contribution in [3.63, 3.8) is 0 Å². The van der Waals surface area contributed by atoms with Crippen LogP contribution in [-0.2, 0) is 0 Å². The third-order valence-electron chi connectivity index (χ3n) is 3.60. The van der Waals surface area contributed by atoms with E-state index in [0.717, 1.165) is 22.8 Å². The summed E-state index contributed by atoms with van der Waals surface area (Å²) in [5, 5.41) is 6.20. The lowest BCUT2D eigenvalue weighted by atomic mass is 10.2. The highest BCUT2D eigenvalue weighted by molar-refractivity contribution is 6.04. The fourth-order valence-corrected chi connectivity index (χ4v) is 2.42. The van der Waals surface area contributed by atoms with Crippen molar-refractivity contribution in [2.24, 2.45) is 0 Å². The number of aromatic nitrogens is 1. The molecule has 0 aliphatic rings. The van der Waals surface area contributed by atoms with Crippen molar-refractivity contribution < 1.29 is 9.53 Å². The van der Waals surface area contributed by atoms with Gasteiger partial charge in [0.1, 0.15) is 5.75 Å². The van der Waals surface area contributed by atoms with E-state index in [-0.39, 0.29) is 12.0 Å². The summed E-state index contributed by atoms with van der Waals surface area (Å²) in [4.78, 5) is 16.1. The Morgan fingerprint density at radius 3 is 2.38 bits per heavy atom. The number of nitrogens with one attached hydrogen (secondary N) is 2. The van der Waals surface area contributed by atoms with Crippen molar-refractivity contribution in [1.29, 1.82) is 0 Å². The molecule has 0 aliphatic carbocycles. The number of amides is 1. The minimum atomic E-state index is -0.186. The molecule has 0 unspecified atom stereocenters. The van der Waals surface area contributed by atoms with Crippen LogP contribution >= 0.6 is 0 Å². The first-order valence-corrected chi connectivity index (χ1v) is 8.46. The maximum absolute atomic E-state index is 12.2. The second-order valence-electron chi connectivity index (χ2n) is 6.06. The maximum Gasteiger partial charge on any atom is 0.257 e. The van der Waals surface area contributed by atoms with Crippen molar-refractivity contribution in [1.82, 2.24) is 4.98 Å². The molecule has 2 aromatic carbocycles. The van der Waals surface area contributed by atoms with E-state index in [4.69, 9.17) is 4.74 Å². The van der Waals surface area contributed by atoms with Gasteiger partial charge in [0.15, 0.2) is 0 Å². The van der Waals surface area contributed by atoms with Crippen LogP contribution in [0.3, 0.4) is 0 Å². The van der Waals surface area contributed by atoms with E-state index in [1.165, 1.54) is 6.20 Å². The van der Waals surface area contributed by atoms with Gasteiger partial charge in [-0.25, -0.2) is 0 Å². The molecule has 0 atom stereocenters. The second-order valence-corrected chi connectivity index (χ2v) is 6.06. The number of carbonyl (C=O) groups excluding carboxylic acids is 1. The van der Waals surface area contributed by atoms with Crippen LogP contribution in [0.1, 0.15) is 24.2 Å². The normalized spacial score (nSPS) is 10.4. The van der Waals surface area contributed by atoms with Crippen molar-refractivity contribution in [2.75, 3.05) is 10.6 Å². The van der Waals surface area contributed by atoms with Gasteiger partial charge in [0.25, 0.3) is 5.91 Å². The number of anilines is 3. The van der Waals surface area contributed by atoms with Crippen LogP contribution in [0.4, 0.5) is 17.1 Å². The van der Waals surface area contributed by atoms with E-state index >= 15 is 0 Å². The smallest absolute Gasteiger partial charge is 0.257 e. The summed E-state index contributed by atoms with van der Waals surface area (Å²) >= 11 is 0. The highest BCUT2D eigenvalue weighted by Crippen LogP contribution is 2.28. The molecule has 3 rings (SSSR count). The molecule has 0 spiro atoms. The van der Waals surface area contributed by atoms with Gasteiger partial charge >= 0.3 is 0 Å². The monoisotopic (exact) mass is 347 g/mol. The first-order chi connectivity index (χ1) is 12.6. The van der Waals surface area contributed by atoms with E-state index in [2.05, 4.69) is 15.6 Å². The van der Waals surface area contributed by atoms with Gasteiger partial charge < -0.3 is 15.4 Å². The minimum absolute atomic E-state index is 0.100. The molecule has 0 saturated heterocycles. The lowest BCUT2D eigenvalue weighted by molar-refractivity contribution is 0.102. The Bertz CT molecular complexity index is 862. The number of ether oxygens (including phenoxy) is 1. The molecule has 5 nitrogen and oxygen atoms in total. The molecule has 0 saturated carbocycles. The van der Waals surface area contributed by atoms with Gasteiger partial charge in [0.2, 0.25) is 0 Å². The molecule has 0 radical (unpaired) electrons. The average molecular weight is 347 g/mol. The van der Waals surface area contributed by atoms with Crippen molar-refractivity contribution >= 4 is 23.0 Å². The van der Waals surface area contributed by atoms with Gasteiger partial charge in [0.05, 0.1) is 17.4 Å². The van der Waals surface area contributed by atoms with Crippen LogP contribution in [0.15, 0.2) is 73.1 Å². The van der Waals surface area contributed by atoms with Crippen LogP contribution in [0.2, 0.25) is 0 Å². The standard InChI is InChI=1S/C21H21N3O2/c1-15(2)26-20-8-4-3-7-19(20)23-17-9-11-18(12-10-17)24-21(25)16-6-5-13-22-14-16/h3-15,23H,1-2H3,(H,24,25). The Balaban J connectivity index is 1.68. The van der Waals surface area contributed by atoms with Crippen molar-refractivity contribution in [3.8, 4) is 5.75 Å². The van der Waals surface area contributed by atoms with Crippen molar-refractivity contribution in [2.45, 2.75) is 20.0 Å². The Kier molecular flexibility index (Phi) is 5.49. The largest absolute Gasteiger partial charge is 0.489 e. The van der Waals surface area contributed by atoms with Crippen LogP contribution in [0.25, 0.3) is 0 Å². The summed E-state index contributed by atoms with van der Waals surface area (Å²) in [6.45, 7) is 3.99. The van der Waals surface area contributed by atoms with Crippen LogP contribution < -0.4 is 15.4 Å². The number of pyridine rings is 1. The first kappa shape index (κ1) is 17.5. The van der Waals surface area contributed by atoms with Gasteiger partial charge in [-0.15, -0.1) is 0 Å². The minimum Gasteiger partial charge on any atom is -0.489 e. The zero-order valence-electron chi connectivity index (χ0n) is 14.8. The third-order valence-corrected chi connectivity index (χ3v) is 3.60. The number of rotatable bonds is 6. The predicted molar refractivity (Wildman–Crippen MR) is 104 cm³/mol. The fraction of sp³-hybridized carbons (Fsp3) is 0.143. The number of para-hydroxylation sites is 2. The Morgan fingerprint density at radius 2 is 1.69 bits per heavy atom. The van der Waals surface area contributed by atoms with Crippen molar-refractivity contribution in [3.05, 3.63) is 78.6 Å². The molecule has 1 aromatic heterocycles. The van der Waals surface area contributed by atoms with Gasteiger partial charge in [-0.3, -0.25) is 9.78 Å². The first-order valence-electron chi connectivity index (χ1n) is 8.46. The van der Waals surface area contributed by atoms with E-state index in [0.29, 0.717) is 5.56 Å².